The number of aliphatic carboxylic acids is 1. The average molecular weight is 205 g/mol. The van der Waals surface area contributed by atoms with Crippen molar-refractivity contribution in [1.29, 1.82) is 0 Å². The van der Waals surface area contributed by atoms with E-state index >= 15 is 0 Å². The van der Waals surface area contributed by atoms with Crippen LogP contribution in [0, 0.1) is 0 Å². The number of carboxylic acids is 1. The lowest BCUT2D eigenvalue weighted by molar-refractivity contribution is -0.141. The van der Waals surface area contributed by atoms with E-state index in [2.05, 4.69) is 5.32 Å². The monoisotopic (exact) mass is 205 g/mol. The maximum absolute atomic E-state index is 10.5. The number of carbonyl (C=O) groups is 2. The molecule has 0 aliphatic carbocycles. The molecule has 5 nitrogen and oxygen atoms in total. The number of nitrogens with one attached hydrogen (secondary N) is 1. The van der Waals surface area contributed by atoms with Crippen molar-refractivity contribution < 1.29 is 14.7 Å². The molecule has 0 bridgehead atoms. The lowest BCUT2D eigenvalue weighted by atomic mass is 10.1. The molecule has 0 heterocycles. The van der Waals surface area contributed by atoms with Crippen molar-refractivity contribution in [2.24, 2.45) is 5.73 Å². The Bertz CT molecular complexity index is 175. The first-order valence-corrected chi connectivity index (χ1v) is 3.78. The average Bonchev–Trinajstić information content (AvgIpc) is 1.96. The van der Waals surface area contributed by atoms with E-state index in [1.807, 2.05) is 0 Å². The van der Waals surface area contributed by atoms with Gasteiger partial charge in [-0.25, -0.2) is 4.79 Å². The molecule has 0 saturated carbocycles. The van der Waals surface area contributed by atoms with Crippen LogP contribution in [-0.4, -0.2) is 29.6 Å². The van der Waals surface area contributed by atoms with Gasteiger partial charge in [-0.2, -0.15) is 0 Å². The standard InChI is InChI=1S/C7H14N2O3.P/c1-5(10)9-6(7(11)12)3-2-4-8;/h6H,2-4,8H2,1H3,(H,9,10)(H,11,12);/t6-;/m0./s1. The van der Waals surface area contributed by atoms with Crippen LogP contribution in [0.25, 0.3) is 0 Å². The van der Waals surface area contributed by atoms with Crippen molar-refractivity contribution in [3.05, 3.63) is 0 Å². The molecule has 75 valence electrons. The molecule has 0 rings (SSSR count). The third kappa shape index (κ3) is 7.68. The quantitative estimate of drug-likeness (QED) is 0.558. The highest BCUT2D eigenvalue weighted by Gasteiger charge is 2.16. The highest BCUT2D eigenvalue weighted by atomic mass is 31.0. The van der Waals surface area contributed by atoms with Gasteiger partial charge in [0, 0.05) is 16.8 Å². The molecule has 0 aromatic carbocycles. The molecule has 0 aromatic rings. The summed E-state index contributed by atoms with van der Waals surface area (Å²) in [4.78, 5) is 21.0. The smallest absolute Gasteiger partial charge is 0.326 e. The Morgan fingerprint density at radius 2 is 2.08 bits per heavy atom. The molecule has 0 spiro atoms. The van der Waals surface area contributed by atoms with Crippen LogP contribution in [-0.2, 0) is 9.59 Å². The number of amides is 1. The van der Waals surface area contributed by atoms with E-state index in [1.54, 1.807) is 0 Å². The minimum absolute atomic E-state index is 0. The van der Waals surface area contributed by atoms with Gasteiger partial charge in [0.15, 0.2) is 0 Å². The number of carbonyl (C=O) groups excluding carboxylic acids is 1. The summed E-state index contributed by atoms with van der Waals surface area (Å²) in [5.74, 6) is -1.35. The van der Waals surface area contributed by atoms with Crippen LogP contribution in [0.2, 0.25) is 0 Å². The highest BCUT2D eigenvalue weighted by Crippen LogP contribution is 1.95. The Labute approximate surface area is 80.7 Å². The first kappa shape index (κ1) is 14.8. The summed E-state index contributed by atoms with van der Waals surface area (Å²) < 4.78 is 0. The van der Waals surface area contributed by atoms with Crippen LogP contribution in [0.3, 0.4) is 0 Å². The molecular formula is C7H14N2O3P. The third-order valence-electron chi connectivity index (χ3n) is 1.37. The lowest BCUT2D eigenvalue weighted by Crippen LogP contribution is -2.39. The molecule has 0 fully saturated rings. The normalized spacial score (nSPS) is 11.2. The molecule has 0 saturated heterocycles. The van der Waals surface area contributed by atoms with Gasteiger partial charge in [-0.15, -0.1) is 0 Å². The summed E-state index contributed by atoms with van der Waals surface area (Å²) in [6.45, 7) is 1.72. The van der Waals surface area contributed by atoms with E-state index in [0.29, 0.717) is 19.4 Å². The minimum atomic E-state index is -1.02. The predicted octanol–water partition coefficient (Wildman–Crippen LogP) is 0.176. The van der Waals surface area contributed by atoms with Crippen molar-refractivity contribution in [3.63, 3.8) is 0 Å². The zero-order valence-electron chi connectivity index (χ0n) is 7.49. The van der Waals surface area contributed by atoms with Crippen molar-refractivity contribution in [2.45, 2.75) is 25.8 Å². The van der Waals surface area contributed by atoms with Crippen molar-refractivity contribution in [1.82, 2.24) is 5.32 Å². The molecule has 1 amide bonds. The van der Waals surface area contributed by atoms with E-state index in [9.17, 15) is 9.59 Å². The fraction of sp³-hybridized carbons (Fsp3) is 0.714. The zero-order valence-corrected chi connectivity index (χ0v) is 8.38. The number of nitrogens with two attached hydrogens (primary N) is 1. The summed E-state index contributed by atoms with van der Waals surface area (Å²) in [5, 5.41) is 10.9. The maximum atomic E-state index is 10.5. The Hall–Kier alpha value is -0.670. The number of hydrogen-bond acceptors (Lipinski definition) is 3. The second kappa shape index (κ2) is 7.95. The van der Waals surface area contributed by atoms with Gasteiger partial charge in [0.2, 0.25) is 5.91 Å². The molecule has 4 N–H and O–H groups in total. The Balaban J connectivity index is 0. The van der Waals surface area contributed by atoms with E-state index in [4.69, 9.17) is 10.8 Å². The van der Waals surface area contributed by atoms with E-state index in [-0.39, 0.29) is 15.8 Å². The van der Waals surface area contributed by atoms with Gasteiger partial charge < -0.3 is 16.2 Å². The Morgan fingerprint density at radius 3 is 2.38 bits per heavy atom. The van der Waals surface area contributed by atoms with Crippen LogP contribution < -0.4 is 11.1 Å². The summed E-state index contributed by atoms with van der Waals surface area (Å²) in [5.41, 5.74) is 5.20. The van der Waals surface area contributed by atoms with Gasteiger partial charge in [-0.05, 0) is 19.4 Å². The fourth-order valence-electron chi connectivity index (χ4n) is 0.825. The van der Waals surface area contributed by atoms with Crippen molar-refractivity contribution in [2.75, 3.05) is 6.54 Å². The van der Waals surface area contributed by atoms with Gasteiger partial charge in [0.05, 0.1) is 0 Å². The van der Waals surface area contributed by atoms with Gasteiger partial charge in [0.1, 0.15) is 6.04 Å². The van der Waals surface area contributed by atoms with Crippen LogP contribution >= 0.6 is 9.90 Å². The highest BCUT2D eigenvalue weighted by molar-refractivity contribution is 6.92. The van der Waals surface area contributed by atoms with E-state index in [0.717, 1.165) is 0 Å². The number of carboxylic acid groups (broad SMARTS) is 1. The molecule has 0 unspecified atom stereocenters. The number of rotatable bonds is 5. The Kier molecular flexibility index (Phi) is 9.07. The molecule has 3 radical (unpaired) electrons. The van der Waals surface area contributed by atoms with Crippen LogP contribution in [0.5, 0.6) is 0 Å². The summed E-state index contributed by atoms with van der Waals surface area (Å²) in [6.07, 6.45) is 0.975. The largest absolute Gasteiger partial charge is 0.480 e. The molecule has 1 atom stereocenters. The van der Waals surface area contributed by atoms with E-state index in [1.165, 1.54) is 6.92 Å². The first-order chi connectivity index (χ1) is 5.57. The van der Waals surface area contributed by atoms with Crippen LogP contribution in [0.15, 0.2) is 0 Å². The van der Waals surface area contributed by atoms with Crippen molar-refractivity contribution in [3.8, 4) is 0 Å². The molecular weight excluding hydrogens is 191 g/mol. The molecule has 6 heteroatoms. The van der Waals surface area contributed by atoms with Crippen molar-refractivity contribution >= 4 is 21.8 Å². The van der Waals surface area contributed by atoms with Gasteiger partial charge in [-0.1, -0.05) is 0 Å². The second-order valence-corrected chi connectivity index (χ2v) is 2.52. The summed E-state index contributed by atoms with van der Waals surface area (Å²) >= 11 is 0. The molecule has 0 aromatic heterocycles. The van der Waals surface area contributed by atoms with Gasteiger partial charge in [0.25, 0.3) is 0 Å². The van der Waals surface area contributed by atoms with Crippen LogP contribution in [0.4, 0.5) is 0 Å². The van der Waals surface area contributed by atoms with Gasteiger partial charge >= 0.3 is 5.97 Å². The fourth-order valence-corrected chi connectivity index (χ4v) is 0.825. The third-order valence-corrected chi connectivity index (χ3v) is 1.37. The summed E-state index contributed by atoms with van der Waals surface area (Å²) in [6, 6.07) is -0.800. The SMILES string of the molecule is CC(=O)N[C@@H](CCCN)C(=O)O.[P]. The second-order valence-electron chi connectivity index (χ2n) is 2.52. The summed E-state index contributed by atoms with van der Waals surface area (Å²) in [7, 11) is 0. The predicted molar refractivity (Wildman–Crippen MR) is 50.4 cm³/mol. The molecule has 0 aliphatic heterocycles. The molecule has 0 aliphatic rings. The minimum Gasteiger partial charge on any atom is -0.480 e. The molecule has 13 heavy (non-hydrogen) atoms. The maximum Gasteiger partial charge on any atom is 0.326 e. The zero-order chi connectivity index (χ0) is 9.56. The number of hydrogen-bond donors (Lipinski definition) is 3. The first-order valence-electron chi connectivity index (χ1n) is 3.78. The lowest BCUT2D eigenvalue weighted by Gasteiger charge is -2.11. The Morgan fingerprint density at radius 1 is 1.54 bits per heavy atom. The van der Waals surface area contributed by atoms with E-state index < -0.39 is 12.0 Å². The topological polar surface area (TPSA) is 92.4 Å². The van der Waals surface area contributed by atoms with Crippen LogP contribution in [0.1, 0.15) is 19.8 Å². The van der Waals surface area contributed by atoms with Gasteiger partial charge in [-0.3, -0.25) is 4.79 Å².